The highest BCUT2D eigenvalue weighted by Crippen LogP contribution is 2.19. The quantitative estimate of drug-likeness (QED) is 0.830. The molecule has 0 radical (unpaired) electrons. The number of nitrogens with one attached hydrogen (secondary N) is 1. The fraction of sp³-hybridized carbons (Fsp3) is 0.600. The van der Waals surface area contributed by atoms with Gasteiger partial charge in [-0.15, -0.1) is 0 Å². The standard InChI is InChI=1S/C10H14ClN3O2S/c11-9-5-10(14-7-13-9)17(15,16)6-8-1-3-12-4-2-8/h5,7-8,12H,1-4,6H2. The first kappa shape index (κ1) is 12.7. The summed E-state index contributed by atoms with van der Waals surface area (Å²) < 4.78 is 24.2. The van der Waals surface area contributed by atoms with E-state index in [4.69, 9.17) is 11.6 Å². The molecule has 0 aromatic carbocycles. The average Bonchev–Trinajstić information content (AvgIpc) is 2.30. The van der Waals surface area contributed by atoms with Gasteiger partial charge in [0, 0.05) is 6.07 Å². The van der Waals surface area contributed by atoms with Gasteiger partial charge >= 0.3 is 0 Å². The number of rotatable bonds is 3. The van der Waals surface area contributed by atoms with Crippen LogP contribution in [0.25, 0.3) is 0 Å². The summed E-state index contributed by atoms with van der Waals surface area (Å²) in [5, 5.41) is 3.39. The van der Waals surface area contributed by atoms with E-state index in [2.05, 4.69) is 15.3 Å². The second kappa shape index (κ2) is 5.29. The van der Waals surface area contributed by atoms with E-state index in [1.54, 1.807) is 0 Å². The molecule has 5 nitrogen and oxygen atoms in total. The summed E-state index contributed by atoms with van der Waals surface area (Å²) in [6, 6.07) is 1.30. The van der Waals surface area contributed by atoms with Gasteiger partial charge in [0.2, 0.25) is 0 Å². The number of hydrogen-bond donors (Lipinski definition) is 1. The highest BCUT2D eigenvalue weighted by molar-refractivity contribution is 7.91. The van der Waals surface area contributed by atoms with E-state index in [-0.39, 0.29) is 21.8 Å². The fourth-order valence-corrected chi connectivity index (χ4v) is 3.77. The Morgan fingerprint density at radius 2 is 2.06 bits per heavy atom. The van der Waals surface area contributed by atoms with E-state index in [1.807, 2.05) is 0 Å². The lowest BCUT2D eigenvalue weighted by atomic mass is 10.0. The minimum atomic E-state index is -3.35. The fourth-order valence-electron chi connectivity index (χ4n) is 1.93. The summed E-state index contributed by atoms with van der Waals surface area (Å²) in [5.41, 5.74) is 0. The van der Waals surface area contributed by atoms with Crippen LogP contribution in [0.4, 0.5) is 0 Å². The number of aromatic nitrogens is 2. The van der Waals surface area contributed by atoms with Crippen LogP contribution in [0.15, 0.2) is 17.4 Å². The molecule has 0 aliphatic carbocycles. The van der Waals surface area contributed by atoms with Gasteiger partial charge in [0.25, 0.3) is 0 Å². The topological polar surface area (TPSA) is 72.0 Å². The Morgan fingerprint density at radius 3 is 2.71 bits per heavy atom. The van der Waals surface area contributed by atoms with Crippen LogP contribution in [0.3, 0.4) is 0 Å². The molecule has 94 valence electrons. The molecule has 1 aromatic rings. The van der Waals surface area contributed by atoms with Crippen molar-refractivity contribution in [3.63, 3.8) is 0 Å². The van der Waals surface area contributed by atoms with Crippen LogP contribution in [-0.4, -0.2) is 37.2 Å². The molecule has 1 aliphatic rings. The molecule has 0 atom stereocenters. The third-order valence-electron chi connectivity index (χ3n) is 2.84. The second-order valence-electron chi connectivity index (χ2n) is 4.15. The molecular weight excluding hydrogens is 262 g/mol. The first-order chi connectivity index (χ1) is 8.08. The van der Waals surface area contributed by atoms with Gasteiger partial charge in [-0.3, -0.25) is 0 Å². The zero-order valence-electron chi connectivity index (χ0n) is 9.26. The molecule has 0 bridgehead atoms. The maximum Gasteiger partial charge on any atom is 0.196 e. The van der Waals surface area contributed by atoms with E-state index >= 15 is 0 Å². The van der Waals surface area contributed by atoms with E-state index < -0.39 is 9.84 Å². The van der Waals surface area contributed by atoms with Crippen molar-refractivity contribution >= 4 is 21.4 Å². The van der Waals surface area contributed by atoms with Crippen molar-refractivity contribution in [2.75, 3.05) is 18.8 Å². The number of sulfone groups is 1. The Kier molecular flexibility index (Phi) is 3.96. The summed E-state index contributed by atoms with van der Waals surface area (Å²) in [7, 11) is -3.35. The van der Waals surface area contributed by atoms with E-state index in [0.29, 0.717) is 0 Å². The predicted molar refractivity (Wildman–Crippen MR) is 64.7 cm³/mol. The van der Waals surface area contributed by atoms with Crippen LogP contribution >= 0.6 is 11.6 Å². The molecule has 7 heteroatoms. The van der Waals surface area contributed by atoms with Crippen LogP contribution in [0.1, 0.15) is 12.8 Å². The summed E-state index contributed by atoms with van der Waals surface area (Å²) >= 11 is 5.67. The highest BCUT2D eigenvalue weighted by atomic mass is 35.5. The van der Waals surface area contributed by atoms with Crippen molar-refractivity contribution in [2.45, 2.75) is 17.9 Å². The third-order valence-corrected chi connectivity index (χ3v) is 4.82. The van der Waals surface area contributed by atoms with Gasteiger partial charge in [-0.2, -0.15) is 0 Å². The number of piperidine rings is 1. The van der Waals surface area contributed by atoms with Crippen molar-refractivity contribution in [1.29, 1.82) is 0 Å². The highest BCUT2D eigenvalue weighted by Gasteiger charge is 2.24. The molecule has 1 fully saturated rings. The number of nitrogens with zero attached hydrogens (tertiary/aromatic N) is 2. The predicted octanol–water partition coefficient (Wildman–Crippen LogP) is 0.903. The average molecular weight is 276 g/mol. The number of halogens is 1. The van der Waals surface area contributed by atoms with Crippen molar-refractivity contribution in [3.8, 4) is 0 Å². The molecule has 0 amide bonds. The minimum absolute atomic E-state index is 0.0241. The Labute approximate surface area is 106 Å². The lowest BCUT2D eigenvalue weighted by Crippen LogP contribution is -2.31. The molecule has 1 N–H and O–H groups in total. The third kappa shape index (κ3) is 3.37. The van der Waals surface area contributed by atoms with Gasteiger partial charge in [-0.05, 0) is 31.8 Å². The van der Waals surface area contributed by atoms with Crippen LogP contribution in [0.2, 0.25) is 5.15 Å². The van der Waals surface area contributed by atoms with E-state index in [9.17, 15) is 8.42 Å². The Balaban J connectivity index is 2.13. The van der Waals surface area contributed by atoms with Crippen molar-refractivity contribution in [3.05, 3.63) is 17.5 Å². The van der Waals surface area contributed by atoms with Gasteiger partial charge < -0.3 is 5.32 Å². The molecular formula is C10H14ClN3O2S. The first-order valence-corrected chi connectivity index (χ1v) is 7.52. The van der Waals surface area contributed by atoms with Crippen molar-refractivity contribution in [2.24, 2.45) is 5.92 Å². The zero-order valence-corrected chi connectivity index (χ0v) is 10.8. The molecule has 17 heavy (non-hydrogen) atoms. The lowest BCUT2D eigenvalue weighted by molar-refractivity contribution is 0.401. The van der Waals surface area contributed by atoms with Crippen LogP contribution in [-0.2, 0) is 9.84 Å². The molecule has 0 spiro atoms. The summed E-state index contributed by atoms with van der Waals surface area (Å²) in [6.45, 7) is 1.76. The lowest BCUT2D eigenvalue weighted by Gasteiger charge is -2.21. The SMILES string of the molecule is O=S(=O)(CC1CCNCC1)c1cc(Cl)ncn1. The Hall–Kier alpha value is -0.720. The first-order valence-electron chi connectivity index (χ1n) is 5.49. The van der Waals surface area contributed by atoms with Gasteiger partial charge in [-0.25, -0.2) is 18.4 Å². The molecule has 0 saturated carbocycles. The van der Waals surface area contributed by atoms with Gasteiger partial charge in [-0.1, -0.05) is 11.6 Å². The zero-order chi connectivity index (χ0) is 12.3. The monoisotopic (exact) mass is 275 g/mol. The molecule has 1 aromatic heterocycles. The van der Waals surface area contributed by atoms with Gasteiger partial charge in [0.15, 0.2) is 14.9 Å². The molecule has 2 rings (SSSR count). The van der Waals surface area contributed by atoms with Crippen LogP contribution in [0.5, 0.6) is 0 Å². The van der Waals surface area contributed by atoms with E-state index in [1.165, 1.54) is 12.4 Å². The van der Waals surface area contributed by atoms with Gasteiger partial charge in [0.05, 0.1) is 5.75 Å². The molecule has 0 unspecified atom stereocenters. The normalized spacial score (nSPS) is 18.2. The summed E-state index contributed by atoms with van der Waals surface area (Å²) in [4.78, 5) is 7.46. The smallest absolute Gasteiger partial charge is 0.196 e. The summed E-state index contributed by atoms with van der Waals surface area (Å²) in [6.07, 6.45) is 2.95. The van der Waals surface area contributed by atoms with E-state index in [0.717, 1.165) is 25.9 Å². The van der Waals surface area contributed by atoms with Crippen molar-refractivity contribution in [1.82, 2.24) is 15.3 Å². The second-order valence-corrected chi connectivity index (χ2v) is 6.52. The largest absolute Gasteiger partial charge is 0.317 e. The van der Waals surface area contributed by atoms with Gasteiger partial charge in [0.1, 0.15) is 11.5 Å². The van der Waals surface area contributed by atoms with Crippen LogP contribution in [0, 0.1) is 5.92 Å². The summed E-state index contributed by atoms with van der Waals surface area (Å²) in [5.74, 6) is 0.345. The maximum atomic E-state index is 12.1. The van der Waals surface area contributed by atoms with Crippen LogP contribution < -0.4 is 5.32 Å². The molecule has 1 saturated heterocycles. The Bertz CT molecular complexity index is 486. The minimum Gasteiger partial charge on any atom is -0.317 e. The molecule has 2 heterocycles. The van der Waals surface area contributed by atoms with Crippen molar-refractivity contribution < 1.29 is 8.42 Å². The number of hydrogen-bond acceptors (Lipinski definition) is 5. The maximum absolute atomic E-state index is 12.1. The molecule has 1 aliphatic heterocycles. The Morgan fingerprint density at radius 1 is 1.35 bits per heavy atom.